The van der Waals surface area contributed by atoms with Crippen molar-refractivity contribution in [1.82, 2.24) is 0 Å². The fraction of sp³-hybridized carbons (Fsp3) is 0.300. The Labute approximate surface area is 81.3 Å². The molecule has 0 bridgehead atoms. The standard InChI is InChI=1S/C10H11FOS/c1-2-13-9-5-3-8(4-6-9)10(11)7-12/h3-7,10H,2H2,1H3. The van der Waals surface area contributed by atoms with E-state index >= 15 is 0 Å². The minimum absolute atomic E-state index is 0.308. The number of thioether (sulfide) groups is 1. The van der Waals surface area contributed by atoms with Crippen molar-refractivity contribution in [3.05, 3.63) is 29.8 Å². The highest BCUT2D eigenvalue weighted by Gasteiger charge is 2.06. The number of aldehydes is 1. The van der Waals surface area contributed by atoms with E-state index in [2.05, 4.69) is 6.92 Å². The monoisotopic (exact) mass is 198 g/mol. The molecule has 0 aliphatic rings. The molecule has 1 unspecified atom stereocenters. The van der Waals surface area contributed by atoms with E-state index in [4.69, 9.17) is 0 Å². The quantitative estimate of drug-likeness (QED) is 0.546. The lowest BCUT2D eigenvalue weighted by atomic mass is 10.1. The van der Waals surface area contributed by atoms with Gasteiger partial charge < -0.3 is 0 Å². The van der Waals surface area contributed by atoms with Crippen molar-refractivity contribution in [2.75, 3.05) is 5.75 Å². The predicted octanol–water partition coefficient (Wildman–Crippen LogP) is 3.01. The van der Waals surface area contributed by atoms with E-state index in [0.717, 1.165) is 10.6 Å². The van der Waals surface area contributed by atoms with Crippen molar-refractivity contribution in [3.63, 3.8) is 0 Å². The number of hydrogen-bond donors (Lipinski definition) is 0. The van der Waals surface area contributed by atoms with Crippen LogP contribution < -0.4 is 0 Å². The van der Waals surface area contributed by atoms with E-state index in [9.17, 15) is 9.18 Å². The SMILES string of the molecule is CCSc1ccc(C(F)C=O)cc1. The largest absolute Gasteiger partial charge is 0.300 e. The molecule has 1 aromatic carbocycles. The fourth-order valence-electron chi connectivity index (χ4n) is 0.993. The van der Waals surface area contributed by atoms with Crippen molar-refractivity contribution in [2.45, 2.75) is 18.0 Å². The van der Waals surface area contributed by atoms with Gasteiger partial charge in [0.05, 0.1) is 0 Å². The summed E-state index contributed by atoms with van der Waals surface area (Å²) in [5.41, 5.74) is 0.426. The molecule has 1 nitrogen and oxygen atoms in total. The first-order valence-electron chi connectivity index (χ1n) is 4.10. The summed E-state index contributed by atoms with van der Waals surface area (Å²) in [5, 5.41) is 0. The Morgan fingerprint density at radius 3 is 2.54 bits per heavy atom. The van der Waals surface area contributed by atoms with Crippen LogP contribution in [-0.4, -0.2) is 12.0 Å². The molecule has 0 radical (unpaired) electrons. The molecule has 0 aliphatic carbocycles. The van der Waals surface area contributed by atoms with Crippen molar-refractivity contribution in [2.24, 2.45) is 0 Å². The van der Waals surface area contributed by atoms with Gasteiger partial charge in [-0.3, -0.25) is 4.79 Å². The number of halogens is 1. The van der Waals surface area contributed by atoms with Gasteiger partial charge in [0.2, 0.25) is 0 Å². The lowest BCUT2D eigenvalue weighted by Crippen LogP contribution is -1.91. The number of hydrogen-bond acceptors (Lipinski definition) is 2. The average Bonchev–Trinajstić information content (AvgIpc) is 2.18. The molecule has 3 heteroatoms. The Hall–Kier alpha value is -0.830. The molecule has 0 aliphatic heterocycles. The number of benzene rings is 1. The molecular weight excluding hydrogens is 187 g/mol. The third-order valence-corrected chi connectivity index (χ3v) is 2.52. The molecule has 0 fully saturated rings. The third kappa shape index (κ3) is 2.84. The second kappa shape index (κ2) is 5.02. The predicted molar refractivity (Wildman–Crippen MR) is 52.8 cm³/mol. The summed E-state index contributed by atoms with van der Waals surface area (Å²) in [5.74, 6) is 0.992. The fourth-order valence-corrected chi connectivity index (χ4v) is 1.66. The first kappa shape index (κ1) is 10.3. The maximum Gasteiger partial charge on any atom is 0.180 e. The van der Waals surface area contributed by atoms with Gasteiger partial charge in [0, 0.05) is 4.90 Å². The smallest absolute Gasteiger partial charge is 0.180 e. The van der Waals surface area contributed by atoms with E-state index in [1.54, 1.807) is 23.9 Å². The van der Waals surface area contributed by atoms with Crippen LogP contribution in [0.1, 0.15) is 18.7 Å². The van der Waals surface area contributed by atoms with Crippen LogP contribution in [0.4, 0.5) is 4.39 Å². The molecule has 0 spiro atoms. The molecule has 0 amide bonds. The van der Waals surface area contributed by atoms with Crippen LogP contribution in [-0.2, 0) is 4.79 Å². The third-order valence-electron chi connectivity index (χ3n) is 1.63. The summed E-state index contributed by atoms with van der Waals surface area (Å²) < 4.78 is 12.8. The molecule has 1 rings (SSSR count). The molecule has 0 aromatic heterocycles. The Balaban J connectivity index is 2.74. The highest BCUT2D eigenvalue weighted by Crippen LogP contribution is 2.21. The number of carbonyl (C=O) groups is 1. The van der Waals surface area contributed by atoms with Crippen LogP contribution in [0.25, 0.3) is 0 Å². The van der Waals surface area contributed by atoms with Crippen LogP contribution in [0.3, 0.4) is 0 Å². The minimum atomic E-state index is -1.49. The molecule has 0 heterocycles. The van der Waals surface area contributed by atoms with Gasteiger partial charge in [0.15, 0.2) is 12.5 Å². The molecule has 0 N–H and O–H groups in total. The summed E-state index contributed by atoms with van der Waals surface area (Å²) >= 11 is 1.69. The van der Waals surface area contributed by atoms with E-state index in [1.165, 1.54) is 0 Å². The van der Waals surface area contributed by atoms with Gasteiger partial charge in [-0.25, -0.2) is 4.39 Å². The molecule has 13 heavy (non-hydrogen) atoms. The molecule has 0 saturated heterocycles. The van der Waals surface area contributed by atoms with Crippen LogP contribution in [0.5, 0.6) is 0 Å². The Morgan fingerprint density at radius 1 is 1.46 bits per heavy atom. The first-order valence-corrected chi connectivity index (χ1v) is 5.08. The second-order valence-electron chi connectivity index (χ2n) is 2.54. The zero-order valence-electron chi connectivity index (χ0n) is 7.37. The Bertz CT molecular complexity index is 271. The highest BCUT2D eigenvalue weighted by molar-refractivity contribution is 7.99. The number of carbonyl (C=O) groups excluding carboxylic acids is 1. The lowest BCUT2D eigenvalue weighted by molar-refractivity contribution is -0.112. The first-order chi connectivity index (χ1) is 6.27. The minimum Gasteiger partial charge on any atom is -0.300 e. The summed E-state index contributed by atoms with van der Waals surface area (Å²) in [6.45, 7) is 2.06. The number of rotatable bonds is 4. The van der Waals surface area contributed by atoms with Gasteiger partial charge >= 0.3 is 0 Å². The van der Waals surface area contributed by atoms with Crippen LogP contribution >= 0.6 is 11.8 Å². The van der Waals surface area contributed by atoms with Crippen LogP contribution in [0.2, 0.25) is 0 Å². The molecule has 0 saturated carbocycles. The van der Waals surface area contributed by atoms with Gasteiger partial charge in [-0.2, -0.15) is 0 Å². The second-order valence-corrected chi connectivity index (χ2v) is 3.88. The summed E-state index contributed by atoms with van der Waals surface area (Å²) in [6, 6.07) is 6.97. The molecular formula is C10H11FOS. The van der Waals surface area contributed by atoms with Gasteiger partial charge in [-0.05, 0) is 23.4 Å². The van der Waals surface area contributed by atoms with Crippen molar-refractivity contribution >= 4 is 18.0 Å². The Kier molecular flexibility index (Phi) is 3.96. The average molecular weight is 198 g/mol. The summed E-state index contributed by atoms with van der Waals surface area (Å²) in [6.07, 6.45) is -1.18. The number of alkyl halides is 1. The summed E-state index contributed by atoms with van der Waals surface area (Å²) in [7, 11) is 0. The van der Waals surface area contributed by atoms with E-state index in [0.29, 0.717) is 11.8 Å². The van der Waals surface area contributed by atoms with E-state index < -0.39 is 6.17 Å². The van der Waals surface area contributed by atoms with Gasteiger partial charge in [0.25, 0.3) is 0 Å². The van der Waals surface area contributed by atoms with Crippen LogP contribution in [0.15, 0.2) is 29.2 Å². The van der Waals surface area contributed by atoms with Crippen LogP contribution in [0, 0.1) is 0 Å². The topological polar surface area (TPSA) is 17.1 Å². The summed E-state index contributed by atoms with van der Waals surface area (Å²) in [4.78, 5) is 11.2. The van der Waals surface area contributed by atoms with Crippen molar-refractivity contribution < 1.29 is 9.18 Å². The van der Waals surface area contributed by atoms with Gasteiger partial charge in [-0.15, -0.1) is 11.8 Å². The van der Waals surface area contributed by atoms with Gasteiger partial charge in [0.1, 0.15) is 0 Å². The molecule has 70 valence electrons. The highest BCUT2D eigenvalue weighted by atomic mass is 32.2. The zero-order chi connectivity index (χ0) is 9.68. The maximum absolute atomic E-state index is 12.8. The normalized spacial score (nSPS) is 12.5. The van der Waals surface area contributed by atoms with E-state index in [-0.39, 0.29) is 0 Å². The zero-order valence-corrected chi connectivity index (χ0v) is 8.18. The van der Waals surface area contributed by atoms with Gasteiger partial charge in [-0.1, -0.05) is 19.1 Å². The molecule has 1 atom stereocenters. The van der Waals surface area contributed by atoms with Crippen molar-refractivity contribution in [3.8, 4) is 0 Å². The van der Waals surface area contributed by atoms with E-state index in [1.807, 2.05) is 12.1 Å². The van der Waals surface area contributed by atoms with Crippen molar-refractivity contribution in [1.29, 1.82) is 0 Å². The molecule has 1 aromatic rings. The lowest BCUT2D eigenvalue weighted by Gasteiger charge is -2.02. The Morgan fingerprint density at radius 2 is 2.08 bits per heavy atom. The maximum atomic E-state index is 12.8.